The van der Waals surface area contributed by atoms with Gasteiger partial charge >= 0.3 is 0 Å². The van der Waals surface area contributed by atoms with Crippen LogP contribution in [0.25, 0.3) is 0 Å². The Hall–Kier alpha value is -2.30. The number of hydrogen-bond donors (Lipinski definition) is 3. The molecule has 0 bridgehead atoms. The van der Waals surface area contributed by atoms with Crippen LogP contribution in [0.15, 0.2) is 36.7 Å². The van der Waals surface area contributed by atoms with Crippen molar-refractivity contribution in [1.29, 1.82) is 0 Å². The van der Waals surface area contributed by atoms with Crippen LogP contribution in [0.3, 0.4) is 0 Å². The summed E-state index contributed by atoms with van der Waals surface area (Å²) in [5.41, 5.74) is 2.04. The highest BCUT2D eigenvalue weighted by Gasteiger charge is 2.01. The summed E-state index contributed by atoms with van der Waals surface area (Å²) < 4.78 is 0. The van der Waals surface area contributed by atoms with Crippen molar-refractivity contribution in [2.24, 2.45) is 0 Å². The van der Waals surface area contributed by atoms with Gasteiger partial charge in [-0.3, -0.25) is 0 Å². The monoisotopic (exact) mass is 257 g/mol. The van der Waals surface area contributed by atoms with Gasteiger partial charge in [0.15, 0.2) is 0 Å². The zero-order valence-electron chi connectivity index (χ0n) is 11.4. The Morgan fingerprint density at radius 3 is 2.47 bits per heavy atom. The Morgan fingerprint density at radius 1 is 1.00 bits per heavy atom. The zero-order valence-corrected chi connectivity index (χ0v) is 11.4. The minimum Gasteiger partial charge on any atom is -0.388 e. The molecule has 1 heterocycles. The van der Waals surface area contributed by atoms with Crippen LogP contribution < -0.4 is 16.0 Å². The number of hydrogen-bond acceptors (Lipinski definition) is 5. The first kappa shape index (κ1) is 13.1. The summed E-state index contributed by atoms with van der Waals surface area (Å²) in [6, 6.07) is 10.3. The number of rotatable bonds is 5. The molecular weight excluding hydrogens is 238 g/mol. The number of aromatic nitrogens is 2. The third kappa shape index (κ3) is 3.84. The fourth-order valence-electron chi connectivity index (χ4n) is 1.70. The maximum atomic E-state index is 4.21. The molecule has 5 heteroatoms. The van der Waals surface area contributed by atoms with E-state index in [9.17, 15) is 0 Å². The normalized spacial score (nSPS) is 10.3. The number of nitrogens with zero attached hydrogens (tertiary/aromatic N) is 2. The molecule has 0 aliphatic carbocycles. The van der Waals surface area contributed by atoms with E-state index in [1.807, 2.05) is 37.4 Å². The van der Waals surface area contributed by atoms with Gasteiger partial charge in [-0.1, -0.05) is 6.07 Å². The molecule has 0 fully saturated rings. The maximum Gasteiger partial charge on any atom is 0.135 e. The van der Waals surface area contributed by atoms with Gasteiger partial charge in [0.1, 0.15) is 18.0 Å². The van der Waals surface area contributed by atoms with E-state index in [2.05, 4.69) is 39.8 Å². The summed E-state index contributed by atoms with van der Waals surface area (Å²) in [6.07, 6.45) is 1.55. The zero-order chi connectivity index (χ0) is 13.7. The van der Waals surface area contributed by atoms with Gasteiger partial charge in [0.05, 0.1) is 0 Å². The molecule has 19 heavy (non-hydrogen) atoms. The lowest BCUT2D eigenvalue weighted by atomic mass is 10.3. The summed E-state index contributed by atoms with van der Waals surface area (Å²) in [4.78, 5) is 8.40. The Bertz CT molecular complexity index is 539. The number of nitrogens with one attached hydrogen (secondary N) is 3. The van der Waals surface area contributed by atoms with Crippen molar-refractivity contribution in [3.05, 3.63) is 36.7 Å². The first-order valence-electron chi connectivity index (χ1n) is 6.31. The van der Waals surface area contributed by atoms with E-state index in [4.69, 9.17) is 0 Å². The Labute approximate surface area is 113 Å². The summed E-state index contributed by atoms with van der Waals surface area (Å²) in [5, 5.41) is 9.62. The van der Waals surface area contributed by atoms with Crippen LogP contribution in [-0.2, 0) is 0 Å². The van der Waals surface area contributed by atoms with Crippen LogP contribution in [0.5, 0.6) is 0 Å². The van der Waals surface area contributed by atoms with Gasteiger partial charge in [-0.25, -0.2) is 9.97 Å². The first-order valence-corrected chi connectivity index (χ1v) is 6.31. The van der Waals surface area contributed by atoms with E-state index in [0.717, 1.165) is 23.0 Å². The highest BCUT2D eigenvalue weighted by molar-refractivity contribution is 5.63. The van der Waals surface area contributed by atoms with Crippen LogP contribution in [0.1, 0.15) is 13.8 Å². The van der Waals surface area contributed by atoms with E-state index in [1.165, 1.54) is 0 Å². The van der Waals surface area contributed by atoms with Gasteiger partial charge in [0, 0.05) is 30.5 Å². The second kappa shape index (κ2) is 6.04. The summed E-state index contributed by atoms with van der Waals surface area (Å²) in [6.45, 7) is 4.15. The van der Waals surface area contributed by atoms with Crippen molar-refractivity contribution in [3.8, 4) is 0 Å². The quantitative estimate of drug-likeness (QED) is 0.768. The predicted octanol–water partition coefficient (Wildman–Crippen LogP) is 3.08. The summed E-state index contributed by atoms with van der Waals surface area (Å²) >= 11 is 0. The molecule has 0 aliphatic rings. The molecule has 1 aromatic heterocycles. The molecule has 0 saturated heterocycles. The average molecular weight is 257 g/mol. The van der Waals surface area contributed by atoms with E-state index < -0.39 is 0 Å². The average Bonchev–Trinajstić information content (AvgIpc) is 2.38. The molecule has 0 spiro atoms. The second-order valence-electron chi connectivity index (χ2n) is 4.54. The molecule has 0 amide bonds. The SMILES string of the molecule is CNc1cccc(Nc2cc(NC(C)C)ncn2)c1. The third-order valence-electron chi connectivity index (χ3n) is 2.53. The maximum absolute atomic E-state index is 4.21. The van der Waals surface area contributed by atoms with Gasteiger partial charge < -0.3 is 16.0 Å². The fourth-order valence-corrected chi connectivity index (χ4v) is 1.70. The van der Waals surface area contributed by atoms with Crippen LogP contribution in [-0.4, -0.2) is 23.1 Å². The Morgan fingerprint density at radius 2 is 1.74 bits per heavy atom. The smallest absolute Gasteiger partial charge is 0.135 e. The Kier molecular flexibility index (Phi) is 4.18. The minimum atomic E-state index is 0.343. The number of benzene rings is 1. The predicted molar refractivity (Wildman–Crippen MR) is 80.1 cm³/mol. The topological polar surface area (TPSA) is 61.9 Å². The highest BCUT2D eigenvalue weighted by Crippen LogP contribution is 2.19. The molecule has 0 unspecified atom stereocenters. The van der Waals surface area contributed by atoms with Crippen molar-refractivity contribution < 1.29 is 0 Å². The molecule has 0 radical (unpaired) electrons. The van der Waals surface area contributed by atoms with Gasteiger partial charge in [-0.05, 0) is 32.0 Å². The van der Waals surface area contributed by atoms with E-state index in [0.29, 0.717) is 6.04 Å². The van der Waals surface area contributed by atoms with Crippen molar-refractivity contribution in [1.82, 2.24) is 9.97 Å². The van der Waals surface area contributed by atoms with Crippen molar-refractivity contribution in [2.75, 3.05) is 23.0 Å². The molecule has 5 nitrogen and oxygen atoms in total. The standard InChI is InChI=1S/C14H19N5/c1-10(2)18-13-8-14(17-9-16-13)19-12-6-4-5-11(7-12)15-3/h4-10,15H,1-3H3,(H2,16,17,18,19). The second-order valence-corrected chi connectivity index (χ2v) is 4.54. The molecule has 100 valence electrons. The third-order valence-corrected chi connectivity index (χ3v) is 2.53. The first-order chi connectivity index (χ1) is 9.17. The molecule has 0 aliphatic heterocycles. The van der Waals surface area contributed by atoms with Crippen LogP contribution in [0, 0.1) is 0 Å². The van der Waals surface area contributed by atoms with Crippen molar-refractivity contribution in [2.45, 2.75) is 19.9 Å². The molecular formula is C14H19N5. The van der Waals surface area contributed by atoms with Crippen molar-refractivity contribution in [3.63, 3.8) is 0 Å². The van der Waals surface area contributed by atoms with E-state index in [1.54, 1.807) is 6.33 Å². The van der Waals surface area contributed by atoms with Gasteiger partial charge in [0.25, 0.3) is 0 Å². The molecule has 1 aromatic carbocycles. The minimum absolute atomic E-state index is 0.343. The lowest BCUT2D eigenvalue weighted by Crippen LogP contribution is -2.11. The molecule has 2 rings (SSSR count). The number of anilines is 4. The van der Waals surface area contributed by atoms with Gasteiger partial charge in [0.2, 0.25) is 0 Å². The largest absolute Gasteiger partial charge is 0.388 e. The molecule has 0 atom stereocenters. The van der Waals surface area contributed by atoms with E-state index >= 15 is 0 Å². The van der Waals surface area contributed by atoms with Crippen LogP contribution in [0.2, 0.25) is 0 Å². The van der Waals surface area contributed by atoms with Crippen molar-refractivity contribution >= 4 is 23.0 Å². The van der Waals surface area contributed by atoms with Gasteiger partial charge in [-0.2, -0.15) is 0 Å². The van der Waals surface area contributed by atoms with Crippen LogP contribution in [0.4, 0.5) is 23.0 Å². The lowest BCUT2D eigenvalue weighted by molar-refractivity contribution is 0.886. The highest BCUT2D eigenvalue weighted by atomic mass is 15.1. The summed E-state index contributed by atoms with van der Waals surface area (Å²) in [5.74, 6) is 1.59. The Balaban J connectivity index is 2.13. The molecule has 3 N–H and O–H groups in total. The lowest BCUT2D eigenvalue weighted by Gasteiger charge is -2.11. The van der Waals surface area contributed by atoms with Crippen LogP contribution >= 0.6 is 0 Å². The van der Waals surface area contributed by atoms with Gasteiger partial charge in [-0.15, -0.1) is 0 Å². The fraction of sp³-hybridized carbons (Fsp3) is 0.286. The molecule has 0 saturated carbocycles. The summed E-state index contributed by atoms with van der Waals surface area (Å²) in [7, 11) is 1.90. The van der Waals surface area contributed by atoms with E-state index in [-0.39, 0.29) is 0 Å². The molecule has 2 aromatic rings.